The van der Waals surface area contributed by atoms with Crippen LogP contribution in [0.4, 0.5) is 5.69 Å². The molecule has 1 saturated heterocycles. The number of nitrogens with one attached hydrogen (secondary N) is 1. The van der Waals surface area contributed by atoms with Crippen LogP contribution in [0.5, 0.6) is 0 Å². The maximum absolute atomic E-state index is 12.3. The first-order valence-corrected chi connectivity index (χ1v) is 8.20. The van der Waals surface area contributed by atoms with Crippen molar-refractivity contribution in [3.05, 3.63) is 28.7 Å². The normalized spacial score (nSPS) is 16.9. The third kappa shape index (κ3) is 6.24. The Labute approximate surface area is 147 Å². The number of hydrogen-bond donors (Lipinski definition) is 2. The number of rotatable bonds is 4. The summed E-state index contributed by atoms with van der Waals surface area (Å²) in [5.41, 5.74) is 6.72. The van der Waals surface area contributed by atoms with Crippen LogP contribution in [0, 0.1) is 5.92 Å². The number of carbonyl (C=O) groups is 1. The van der Waals surface area contributed by atoms with E-state index in [2.05, 4.69) is 26.1 Å². The number of nitrogens with two attached hydrogens (primary N) is 1. The molecule has 4 nitrogen and oxygen atoms in total. The van der Waals surface area contributed by atoms with Gasteiger partial charge < -0.3 is 16.0 Å². The number of nitrogens with zero attached hydrogens (tertiary/aromatic N) is 1. The van der Waals surface area contributed by atoms with Crippen molar-refractivity contribution in [1.29, 1.82) is 0 Å². The number of anilines is 1. The second kappa shape index (κ2) is 8.29. The molecule has 1 aliphatic heterocycles. The number of piperidine rings is 1. The van der Waals surface area contributed by atoms with E-state index < -0.39 is 0 Å². The van der Waals surface area contributed by atoms with E-state index in [1.165, 1.54) is 0 Å². The summed E-state index contributed by atoms with van der Waals surface area (Å²) < 4.78 is 0.972. The topological polar surface area (TPSA) is 58.4 Å². The molecule has 2 rings (SSSR count). The van der Waals surface area contributed by atoms with Gasteiger partial charge in [0.25, 0.3) is 0 Å². The first-order chi connectivity index (χ1) is 9.83. The Balaban J connectivity index is 0.00000242. The molecule has 124 valence electrons. The van der Waals surface area contributed by atoms with Crippen LogP contribution in [0.2, 0.25) is 0 Å². The molecule has 6 heteroatoms. The molecule has 1 aliphatic rings. The molecule has 0 unspecified atom stereocenters. The molecule has 1 amide bonds. The number of hydrogen-bond acceptors (Lipinski definition) is 3. The number of carbonyl (C=O) groups excluding carboxylic acids is 1. The molecular formula is C16H25BrClN3O. The summed E-state index contributed by atoms with van der Waals surface area (Å²) in [6.07, 6.45) is 1.80. The first kappa shape index (κ1) is 19.4. The zero-order valence-electron chi connectivity index (χ0n) is 13.1. The number of amides is 1. The van der Waals surface area contributed by atoms with Crippen LogP contribution in [0.25, 0.3) is 0 Å². The summed E-state index contributed by atoms with van der Waals surface area (Å²) in [4.78, 5) is 14.7. The zero-order valence-corrected chi connectivity index (χ0v) is 15.5. The monoisotopic (exact) mass is 389 g/mol. The summed E-state index contributed by atoms with van der Waals surface area (Å²) >= 11 is 3.41. The second-order valence-electron chi connectivity index (χ2n) is 6.54. The highest BCUT2D eigenvalue weighted by molar-refractivity contribution is 9.10. The van der Waals surface area contributed by atoms with Gasteiger partial charge in [-0.05, 0) is 58.0 Å². The van der Waals surface area contributed by atoms with Crippen molar-refractivity contribution < 1.29 is 4.79 Å². The molecule has 0 radical (unpaired) electrons. The lowest BCUT2D eigenvalue weighted by Gasteiger charge is -2.35. The van der Waals surface area contributed by atoms with Gasteiger partial charge in [0.1, 0.15) is 0 Å². The minimum atomic E-state index is -0.175. The average Bonchev–Trinajstić information content (AvgIpc) is 2.37. The molecule has 0 saturated carbocycles. The predicted molar refractivity (Wildman–Crippen MR) is 97.5 cm³/mol. The fourth-order valence-corrected chi connectivity index (χ4v) is 3.14. The standard InChI is InChI=1S/C16H24BrN3O.ClH/c1-16(2,18)11-20-8-6-12(7-9-20)15(21)19-14-5-3-4-13(17)10-14;/h3-5,10,12H,6-9,11,18H2,1-2H3,(H,19,21);1H. The molecule has 0 spiro atoms. The van der Waals surface area contributed by atoms with Crippen molar-refractivity contribution in [3.8, 4) is 0 Å². The Morgan fingerprint density at radius 2 is 2.05 bits per heavy atom. The van der Waals surface area contributed by atoms with Gasteiger partial charge in [0.05, 0.1) is 0 Å². The largest absolute Gasteiger partial charge is 0.326 e. The van der Waals surface area contributed by atoms with Crippen molar-refractivity contribution in [2.75, 3.05) is 25.0 Å². The van der Waals surface area contributed by atoms with Gasteiger partial charge in [0, 0.05) is 28.2 Å². The second-order valence-corrected chi connectivity index (χ2v) is 7.45. The van der Waals surface area contributed by atoms with E-state index in [-0.39, 0.29) is 29.8 Å². The third-order valence-corrected chi connectivity index (χ3v) is 4.17. The van der Waals surface area contributed by atoms with Gasteiger partial charge in [-0.15, -0.1) is 12.4 Å². The summed E-state index contributed by atoms with van der Waals surface area (Å²) in [5, 5.41) is 3.00. The smallest absolute Gasteiger partial charge is 0.227 e. The summed E-state index contributed by atoms with van der Waals surface area (Å²) in [6, 6.07) is 7.70. The Bertz CT molecular complexity index is 496. The highest BCUT2D eigenvalue weighted by Gasteiger charge is 2.27. The van der Waals surface area contributed by atoms with Crippen molar-refractivity contribution in [3.63, 3.8) is 0 Å². The van der Waals surface area contributed by atoms with Gasteiger partial charge >= 0.3 is 0 Å². The molecule has 1 aromatic carbocycles. The maximum Gasteiger partial charge on any atom is 0.227 e. The molecule has 1 fully saturated rings. The first-order valence-electron chi connectivity index (χ1n) is 7.41. The summed E-state index contributed by atoms with van der Waals surface area (Å²) in [7, 11) is 0. The molecule has 1 heterocycles. The van der Waals surface area contributed by atoms with E-state index >= 15 is 0 Å². The molecule has 0 atom stereocenters. The van der Waals surface area contributed by atoms with Crippen molar-refractivity contribution in [2.45, 2.75) is 32.2 Å². The lowest BCUT2D eigenvalue weighted by molar-refractivity contribution is -0.121. The Morgan fingerprint density at radius 3 is 2.59 bits per heavy atom. The van der Waals surface area contributed by atoms with Gasteiger partial charge in [-0.1, -0.05) is 22.0 Å². The van der Waals surface area contributed by atoms with Gasteiger partial charge in [-0.3, -0.25) is 4.79 Å². The van der Waals surface area contributed by atoms with E-state index in [0.717, 1.165) is 42.6 Å². The van der Waals surface area contributed by atoms with Crippen LogP contribution in [-0.2, 0) is 4.79 Å². The highest BCUT2D eigenvalue weighted by atomic mass is 79.9. The fraction of sp³-hybridized carbons (Fsp3) is 0.562. The highest BCUT2D eigenvalue weighted by Crippen LogP contribution is 2.21. The molecule has 0 bridgehead atoms. The summed E-state index contributed by atoms with van der Waals surface area (Å²) in [6.45, 7) is 6.85. The van der Waals surface area contributed by atoms with E-state index in [1.807, 2.05) is 38.1 Å². The molecule has 3 N–H and O–H groups in total. The minimum Gasteiger partial charge on any atom is -0.326 e. The maximum atomic E-state index is 12.3. The lowest BCUT2D eigenvalue weighted by atomic mass is 9.94. The fourth-order valence-electron chi connectivity index (χ4n) is 2.74. The van der Waals surface area contributed by atoms with Crippen LogP contribution in [0.15, 0.2) is 28.7 Å². The quantitative estimate of drug-likeness (QED) is 0.829. The molecule has 1 aromatic rings. The molecule has 22 heavy (non-hydrogen) atoms. The SMILES string of the molecule is CC(C)(N)CN1CCC(C(=O)Nc2cccc(Br)c2)CC1.Cl. The summed E-state index contributed by atoms with van der Waals surface area (Å²) in [5.74, 6) is 0.223. The van der Waals surface area contributed by atoms with Crippen LogP contribution in [0.1, 0.15) is 26.7 Å². The van der Waals surface area contributed by atoms with Crippen LogP contribution < -0.4 is 11.1 Å². The molecule has 0 aromatic heterocycles. The van der Waals surface area contributed by atoms with Crippen molar-refractivity contribution >= 4 is 39.9 Å². The Hall–Kier alpha value is -0.620. The van der Waals surface area contributed by atoms with Gasteiger partial charge in [-0.2, -0.15) is 0 Å². The van der Waals surface area contributed by atoms with Crippen LogP contribution in [0.3, 0.4) is 0 Å². The van der Waals surface area contributed by atoms with Crippen molar-refractivity contribution in [1.82, 2.24) is 4.90 Å². The van der Waals surface area contributed by atoms with E-state index in [1.54, 1.807) is 0 Å². The van der Waals surface area contributed by atoms with Gasteiger partial charge in [0.2, 0.25) is 5.91 Å². The lowest BCUT2D eigenvalue weighted by Crippen LogP contribution is -2.48. The van der Waals surface area contributed by atoms with Gasteiger partial charge in [-0.25, -0.2) is 0 Å². The third-order valence-electron chi connectivity index (χ3n) is 3.68. The van der Waals surface area contributed by atoms with Crippen molar-refractivity contribution in [2.24, 2.45) is 11.7 Å². The molecule has 0 aliphatic carbocycles. The Kier molecular flexibility index (Phi) is 7.32. The number of benzene rings is 1. The zero-order chi connectivity index (χ0) is 15.5. The Morgan fingerprint density at radius 1 is 1.41 bits per heavy atom. The minimum absolute atomic E-state index is 0. The number of halogens is 2. The van der Waals surface area contributed by atoms with Crippen LogP contribution in [-0.4, -0.2) is 36.0 Å². The van der Waals surface area contributed by atoms with E-state index in [9.17, 15) is 4.79 Å². The number of likely N-dealkylation sites (tertiary alicyclic amines) is 1. The van der Waals surface area contributed by atoms with Crippen LogP contribution >= 0.6 is 28.3 Å². The predicted octanol–water partition coefficient (Wildman–Crippen LogP) is 3.26. The molecular weight excluding hydrogens is 366 g/mol. The van der Waals surface area contributed by atoms with E-state index in [4.69, 9.17) is 5.73 Å². The average molecular weight is 391 g/mol. The van der Waals surface area contributed by atoms with Gasteiger partial charge in [0.15, 0.2) is 0 Å². The van der Waals surface area contributed by atoms with E-state index in [0.29, 0.717) is 0 Å².